The van der Waals surface area contributed by atoms with Gasteiger partial charge in [0.05, 0.1) is 15.4 Å². The van der Waals surface area contributed by atoms with Gasteiger partial charge >= 0.3 is 0 Å². The lowest BCUT2D eigenvalue weighted by molar-refractivity contribution is 0.475. The molecule has 0 saturated heterocycles. The van der Waals surface area contributed by atoms with E-state index < -0.39 is 9.71 Å². The third-order valence-electron chi connectivity index (χ3n) is 2.58. The van der Waals surface area contributed by atoms with Crippen molar-refractivity contribution in [2.24, 2.45) is 0 Å². The van der Waals surface area contributed by atoms with Crippen LogP contribution in [-0.4, -0.2) is 14.8 Å². The molecule has 0 bridgehead atoms. The Kier molecular flexibility index (Phi) is 4.10. The molecule has 0 spiro atoms. The van der Waals surface area contributed by atoms with Crippen LogP contribution in [0.15, 0.2) is 40.4 Å². The number of halogens is 5. The summed E-state index contributed by atoms with van der Waals surface area (Å²) in [5, 5.41) is 8.88. The van der Waals surface area contributed by atoms with Crippen LogP contribution >= 0.6 is 58.0 Å². The highest BCUT2D eigenvalue weighted by molar-refractivity contribution is 6.62. The van der Waals surface area contributed by atoms with E-state index in [1.165, 1.54) is 12.1 Å². The molecule has 1 N–H and O–H groups in total. The first-order valence-corrected chi connectivity index (χ1v) is 6.87. The van der Waals surface area contributed by atoms with Crippen LogP contribution in [0.4, 0.5) is 0 Å². The maximum atomic E-state index is 9.26. The average Bonchev–Trinajstić information content (AvgIpc) is 2.33. The van der Waals surface area contributed by atoms with E-state index in [0.717, 1.165) is 5.56 Å². The van der Waals surface area contributed by atoms with Gasteiger partial charge in [0.2, 0.25) is 0 Å². The summed E-state index contributed by atoms with van der Waals surface area (Å²) >= 11 is 30.4. The number of rotatable bonds is 1. The number of alkyl halides is 3. The van der Waals surface area contributed by atoms with Gasteiger partial charge < -0.3 is 5.11 Å². The van der Waals surface area contributed by atoms with Crippen molar-refractivity contribution in [3.8, 4) is 5.75 Å². The first-order valence-electron chi connectivity index (χ1n) is 4.92. The van der Waals surface area contributed by atoms with Gasteiger partial charge in [-0.25, -0.2) is 0 Å². The largest absolute Gasteiger partial charge is 0.508 e. The molecule has 0 heterocycles. The fourth-order valence-corrected chi connectivity index (χ4v) is 2.94. The molecule has 0 saturated carbocycles. The fourth-order valence-electron chi connectivity index (χ4n) is 1.62. The number of hydrogen-bond donors (Lipinski definition) is 1. The zero-order valence-electron chi connectivity index (χ0n) is 8.80. The first kappa shape index (κ1) is 14.4. The maximum absolute atomic E-state index is 9.26. The highest BCUT2D eigenvalue weighted by Gasteiger charge is 2.43. The second-order valence-corrected chi connectivity index (χ2v) is 6.40. The van der Waals surface area contributed by atoms with Gasteiger partial charge in [0.25, 0.3) is 0 Å². The summed E-state index contributed by atoms with van der Waals surface area (Å²) in [5.74, 6) is 0.156. The van der Waals surface area contributed by atoms with Crippen molar-refractivity contribution in [3.05, 3.63) is 46.0 Å². The molecule has 6 heteroatoms. The Balaban J connectivity index is 2.52. The summed E-state index contributed by atoms with van der Waals surface area (Å²) in [6.07, 6.45) is 1.62. The molecule has 1 aromatic carbocycles. The zero-order chi connectivity index (χ0) is 13.5. The van der Waals surface area contributed by atoms with Crippen LogP contribution in [0, 0.1) is 0 Å². The van der Waals surface area contributed by atoms with Crippen LogP contribution in [0.1, 0.15) is 5.56 Å². The lowest BCUT2D eigenvalue weighted by Gasteiger charge is -2.31. The summed E-state index contributed by atoms with van der Waals surface area (Å²) in [6.45, 7) is 0. The quantitative estimate of drug-likeness (QED) is 0.689. The van der Waals surface area contributed by atoms with Crippen molar-refractivity contribution < 1.29 is 5.11 Å². The Hall–Kier alpha value is -0.0500. The fraction of sp³-hybridized carbons (Fsp3) is 0.167. The number of hydrogen-bond acceptors (Lipinski definition) is 1. The summed E-state index contributed by atoms with van der Waals surface area (Å²) in [4.78, 5) is 0. The lowest BCUT2D eigenvalue weighted by atomic mass is 9.96. The standard InChI is InChI=1S/C12H7Cl5O/c13-9-5-8(6-1-3-7(18)4-2-6)10(14)12(16,17)11(9)15/h1-5,10,18H. The van der Waals surface area contributed by atoms with Crippen molar-refractivity contribution in [2.75, 3.05) is 0 Å². The predicted octanol–water partition coefficient (Wildman–Crippen LogP) is 5.26. The molecule has 0 aliphatic heterocycles. The third kappa shape index (κ3) is 2.48. The normalized spacial score (nSPS) is 22.9. The molecule has 1 aromatic rings. The van der Waals surface area contributed by atoms with Gasteiger partial charge in [0, 0.05) is 0 Å². The highest BCUT2D eigenvalue weighted by Crippen LogP contribution is 2.50. The van der Waals surface area contributed by atoms with E-state index in [9.17, 15) is 5.11 Å². The van der Waals surface area contributed by atoms with Gasteiger partial charge in [-0.15, -0.1) is 11.6 Å². The molecular weight excluding hydrogens is 337 g/mol. The Morgan fingerprint density at radius 3 is 2.17 bits per heavy atom. The minimum atomic E-state index is -1.47. The molecule has 1 atom stereocenters. The van der Waals surface area contributed by atoms with E-state index in [2.05, 4.69) is 0 Å². The van der Waals surface area contributed by atoms with E-state index in [1.807, 2.05) is 0 Å². The number of benzene rings is 1. The van der Waals surface area contributed by atoms with E-state index >= 15 is 0 Å². The smallest absolute Gasteiger partial charge is 0.175 e. The van der Waals surface area contributed by atoms with Gasteiger partial charge in [-0.1, -0.05) is 58.5 Å². The first-order chi connectivity index (χ1) is 8.34. The van der Waals surface area contributed by atoms with Crippen molar-refractivity contribution in [2.45, 2.75) is 9.71 Å². The summed E-state index contributed by atoms with van der Waals surface area (Å²) in [6, 6.07) is 6.48. The Labute approximate surface area is 130 Å². The number of phenols is 1. The van der Waals surface area contributed by atoms with Gasteiger partial charge in [0.1, 0.15) is 5.75 Å². The molecular formula is C12H7Cl5O. The van der Waals surface area contributed by atoms with Gasteiger partial charge in [-0.3, -0.25) is 0 Å². The SMILES string of the molecule is Oc1ccc(C2=CC(Cl)=C(Cl)C(Cl)(Cl)C2Cl)cc1. The monoisotopic (exact) mass is 342 g/mol. The molecule has 96 valence electrons. The lowest BCUT2D eigenvalue weighted by Crippen LogP contribution is -2.31. The molecule has 1 aliphatic carbocycles. The molecule has 0 fully saturated rings. The summed E-state index contributed by atoms with van der Waals surface area (Å²) in [7, 11) is 0. The van der Waals surface area contributed by atoms with Crippen LogP contribution in [0.3, 0.4) is 0 Å². The van der Waals surface area contributed by atoms with Crippen LogP contribution in [0.5, 0.6) is 5.75 Å². The molecule has 1 nitrogen and oxygen atoms in total. The van der Waals surface area contributed by atoms with Gasteiger partial charge in [-0.2, -0.15) is 0 Å². The molecule has 18 heavy (non-hydrogen) atoms. The number of allylic oxidation sites excluding steroid dienone is 4. The summed E-state index contributed by atoms with van der Waals surface area (Å²) in [5.41, 5.74) is 1.41. The molecule has 2 rings (SSSR count). The van der Waals surface area contributed by atoms with Crippen molar-refractivity contribution in [1.29, 1.82) is 0 Å². The molecule has 0 aromatic heterocycles. The molecule has 1 aliphatic rings. The van der Waals surface area contributed by atoms with Crippen molar-refractivity contribution in [3.63, 3.8) is 0 Å². The zero-order valence-corrected chi connectivity index (χ0v) is 12.6. The van der Waals surface area contributed by atoms with Crippen LogP contribution in [0.2, 0.25) is 0 Å². The van der Waals surface area contributed by atoms with Gasteiger partial charge in [-0.05, 0) is 29.3 Å². The van der Waals surface area contributed by atoms with E-state index in [4.69, 9.17) is 58.0 Å². The van der Waals surface area contributed by atoms with E-state index in [0.29, 0.717) is 5.57 Å². The maximum Gasteiger partial charge on any atom is 0.175 e. The third-order valence-corrected chi connectivity index (χ3v) is 5.27. The molecule has 0 radical (unpaired) electrons. The molecule has 1 unspecified atom stereocenters. The Bertz CT molecular complexity index is 530. The summed E-state index contributed by atoms with van der Waals surface area (Å²) < 4.78 is -1.47. The van der Waals surface area contributed by atoms with Gasteiger partial charge in [0.15, 0.2) is 4.33 Å². The van der Waals surface area contributed by atoms with Crippen LogP contribution in [0.25, 0.3) is 5.57 Å². The predicted molar refractivity (Wildman–Crippen MR) is 78.9 cm³/mol. The minimum Gasteiger partial charge on any atom is -0.508 e. The Morgan fingerprint density at radius 2 is 1.61 bits per heavy atom. The van der Waals surface area contributed by atoms with E-state index in [-0.39, 0.29) is 15.8 Å². The molecule has 0 amide bonds. The number of aromatic hydroxyl groups is 1. The number of phenolic OH excluding ortho intramolecular Hbond substituents is 1. The topological polar surface area (TPSA) is 20.2 Å². The average molecular weight is 344 g/mol. The second kappa shape index (κ2) is 5.15. The van der Waals surface area contributed by atoms with Crippen LogP contribution in [-0.2, 0) is 0 Å². The van der Waals surface area contributed by atoms with E-state index in [1.54, 1.807) is 18.2 Å². The highest BCUT2D eigenvalue weighted by atomic mass is 35.5. The van der Waals surface area contributed by atoms with Crippen molar-refractivity contribution >= 4 is 63.6 Å². The minimum absolute atomic E-state index is 0.107. The van der Waals surface area contributed by atoms with Crippen molar-refractivity contribution in [1.82, 2.24) is 0 Å². The Morgan fingerprint density at radius 1 is 1.06 bits per heavy atom. The second-order valence-electron chi connectivity index (χ2n) is 3.79. The van der Waals surface area contributed by atoms with Crippen LogP contribution < -0.4 is 0 Å².